The normalized spacial score (nSPS) is 12.1. The maximum absolute atomic E-state index is 12.1. The zero-order valence-corrected chi connectivity index (χ0v) is 13.6. The summed E-state index contributed by atoms with van der Waals surface area (Å²) in [6, 6.07) is 17.4. The number of aliphatic hydroxyl groups excluding tert-OH is 1. The fourth-order valence-electron chi connectivity index (χ4n) is 2.58. The number of amides is 1. The molecule has 1 amide bonds. The standard InChI is InChI=1S/C20H20N2O2/c1-14-6-8-16(9-7-14)19(23)13-22-20(24)11-15-10-17-4-2-3-5-18(17)21-12-15/h2-10,12,19,23H,11,13H2,1H3,(H,22,24)/t19-/m1/s1. The second-order valence-corrected chi connectivity index (χ2v) is 5.94. The summed E-state index contributed by atoms with van der Waals surface area (Å²) in [5, 5.41) is 13.9. The first-order valence-electron chi connectivity index (χ1n) is 7.97. The molecule has 4 nitrogen and oxygen atoms in total. The fourth-order valence-corrected chi connectivity index (χ4v) is 2.58. The first-order chi connectivity index (χ1) is 11.6. The van der Waals surface area contributed by atoms with Crippen molar-refractivity contribution in [3.05, 3.63) is 77.5 Å². The van der Waals surface area contributed by atoms with Crippen molar-refractivity contribution < 1.29 is 9.90 Å². The predicted octanol–water partition coefficient (Wildman–Crippen LogP) is 2.94. The highest BCUT2D eigenvalue weighted by molar-refractivity contribution is 5.82. The van der Waals surface area contributed by atoms with Crippen LogP contribution >= 0.6 is 0 Å². The Kier molecular flexibility index (Phi) is 4.87. The van der Waals surface area contributed by atoms with Gasteiger partial charge >= 0.3 is 0 Å². The first kappa shape index (κ1) is 16.1. The molecule has 4 heteroatoms. The smallest absolute Gasteiger partial charge is 0.224 e. The lowest BCUT2D eigenvalue weighted by Crippen LogP contribution is -2.29. The van der Waals surface area contributed by atoms with E-state index in [2.05, 4.69) is 10.3 Å². The Morgan fingerprint density at radius 1 is 1.17 bits per heavy atom. The van der Waals surface area contributed by atoms with E-state index in [1.165, 1.54) is 0 Å². The SMILES string of the molecule is Cc1ccc([C@H](O)CNC(=O)Cc2cnc3ccccc3c2)cc1. The number of carbonyl (C=O) groups excluding carboxylic acids is 1. The Bertz CT molecular complexity index is 844. The Morgan fingerprint density at radius 2 is 1.92 bits per heavy atom. The van der Waals surface area contributed by atoms with E-state index >= 15 is 0 Å². The highest BCUT2D eigenvalue weighted by Crippen LogP contribution is 2.14. The number of hydrogen-bond acceptors (Lipinski definition) is 3. The number of pyridine rings is 1. The Labute approximate surface area is 141 Å². The molecule has 0 saturated carbocycles. The zero-order valence-electron chi connectivity index (χ0n) is 13.6. The van der Waals surface area contributed by atoms with Crippen LogP contribution in [0, 0.1) is 6.92 Å². The average Bonchev–Trinajstić information content (AvgIpc) is 2.60. The number of aromatic nitrogens is 1. The summed E-state index contributed by atoms with van der Waals surface area (Å²) in [7, 11) is 0. The Morgan fingerprint density at radius 3 is 2.71 bits per heavy atom. The van der Waals surface area contributed by atoms with Gasteiger partial charge < -0.3 is 10.4 Å². The van der Waals surface area contributed by atoms with Crippen LogP contribution in [0.4, 0.5) is 0 Å². The van der Waals surface area contributed by atoms with Crippen LogP contribution in [0.25, 0.3) is 10.9 Å². The van der Waals surface area contributed by atoms with Crippen molar-refractivity contribution >= 4 is 16.8 Å². The van der Waals surface area contributed by atoms with Crippen LogP contribution in [0.15, 0.2) is 60.8 Å². The number of aryl methyl sites for hydroxylation is 1. The van der Waals surface area contributed by atoms with E-state index in [4.69, 9.17) is 0 Å². The van der Waals surface area contributed by atoms with Gasteiger partial charge in [-0.1, -0.05) is 48.0 Å². The molecule has 3 aromatic rings. The molecule has 1 aromatic heterocycles. The quantitative estimate of drug-likeness (QED) is 0.760. The minimum absolute atomic E-state index is 0.127. The highest BCUT2D eigenvalue weighted by atomic mass is 16.3. The van der Waals surface area contributed by atoms with Crippen molar-refractivity contribution in [3.8, 4) is 0 Å². The number of benzene rings is 2. The molecule has 0 aliphatic heterocycles. The largest absolute Gasteiger partial charge is 0.387 e. The Balaban J connectivity index is 1.57. The van der Waals surface area contributed by atoms with Gasteiger partial charge in [-0.05, 0) is 30.2 Å². The molecule has 0 fully saturated rings. The predicted molar refractivity (Wildman–Crippen MR) is 94.6 cm³/mol. The summed E-state index contributed by atoms with van der Waals surface area (Å²) >= 11 is 0. The molecular formula is C20H20N2O2. The topological polar surface area (TPSA) is 62.2 Å². The highest BCUT2D eigenvalue weighted by Gasteiger charge is 2.10. The third-order valence-corrected chi connectivity index (χ3v) is 3.97. The van der Waals surface area contributed by atoms with E-state index in [0.717, 1.165) is 27.6 Å². The lowest BCUT2D eigenvalue weighted by Gasteiger charge is -2.12. The summed E-state index contributed by atoms with van der Waals surface area (Å²) in [5.41, 5.74) is 3.71. The molecule has 122 valence electrons. The lowest BCUT2D eigenvalue weighted by atomic mass is 10.1. The van der Waals surface area contributed by atoms with Crippen LogP contribution in [-0.2, 0) is 11.2 Å². The van der Waals surface area contributed by atoms with Gasteiger partial charge in [0.2, 0.25) is 5.91 Å². The molecule has 0 unspecified atom stereocenters. The maximum atomic E-state index is 12.1. The van der Waals surface area contributed by atoms with Gasteiger partial charge in [-0.2, -0.15) is 0 Å². The average molecular weight is 320 g/mol. The molecular weight excluding hydrogens is 300 g/mol. The third-order valence-electron chi connectivity index (χ3n) is 3.97. The van der Waals surface area contributed by atoms with Crippen molar-refractivity contribution in [1.82, 2.24) is 10.3 Å². The summed E-state index contributed by atoms with van der Waals surface area (Å²) in [4.78, 5) is 16.4. The van der Waals surface area contributed by atoms with Crippen LogP contribution in [-0.4, -0.2) is 22.5 Å². The number of carbonyl (C=O) groups is 1. The van der Waals surface area contributed by atoms with Crippen LogP contribution in [0.3, 0.4) is 0 Å². The van der Waals surface area contributed by atoms with Crippen LogP contribution in [0.1, 0.15) is 22.8 Å². The molecule has 24 heavy (non-hydrogen) atoms. The fraction of sp³-hybridized carbons (Fsp3) is 0.200. The van der Waals surface area contributed by atoms with E-state index in [1.807, 2.05) is 61.5 Å². The van der Waals surface area contributed by atoms with E-state index in [1.54, 1.807) is 6.20 Å². The second kappa shape index (κ2) is 7.23. The van der Waals surface area contributed by atoms with Gasteiger partial charge in [0.15, 0.2) is 0 Å². The van der Waals surface area contributed by atoms with Gasteiger partial charge in [0.05, 0.1) is 18.0 Å². The second-order valence-electron chi connectivity index (χ2n) is 5.94. The molecule has 2 N–H and O–H groups in total. The molecule has 0 aliphatic carbocycles. The van der Waals surface area contributed by atoms with Crippen molar-refractivity contribution in [2.75, 3.05) is 6.54 Å². The van der Waals surface area contributed by atoms with E-state index in [-0.39, 0.29) is 18.9 Å². The maximum Gasteiger partial charge on any atom is 0.224 e. The Hall–Kier alpha value is -2.72. The van der Waals surface area contributed by atoms with Gasteiger partial charge in [0.25, 0.3) is 0 Å². The van der Waals surface area contributed by atoms with Crippen LogP contribution < -0.4 is 5.32 Å². The van der Waals surface area contributed by atoms with Gasteiger partial charge in [-0.3, -0.25) is 9.78 Å². The zero-order chi connectivity index (χ0) is 16.9. The monoisotopic (exact) mass is 320 g/mol. The molecule has 0 spiro atoms. The number of para-hydroxylation sites is 1. The van der Waals surface area contributed by atoms with Crippen molar-refractivity contribution in [2.45, 2.75) is 19.4 Å². The van der Waals surface area contributed by atoms with E-state index in [9.17, 15) is 9.90 Å². The first-order valence-corrected chi connectivity index (χ1v) is 7.97. The minimum Gasteiger partial charge on any atom is -0.387 e. The molecule has 0 aliphatic rings. The number of aliphatic hydroxyl groups is 1. The van der Waals surface area contributed by atoms with Gasteiger partial charge in [-0.15, -0.1) is 0 Å². The van der Waals surface area contributed by atoms with Crippen LogP contribution in [0.5, 0.6) is 0 Å². The van der Waals surface area contributed by atoms with Crippen molar-refractivity contribution in [1.29, 1.82) is 0 Å². The lowest BCUT2D eigenvalue weighted by molar-refractivity contribution is -0.120. The molecule has 3 rings (SSSR count). The molecule has 1 atom stereocenters. The summed E-state index contributed by atoms with van der Waals surface area (Å²) < 4.78 is 0. The number of rotatable bonds is 5. The molecule has 2 aromatic carbocycles. The van der Waals surface area contributed by atoms with E-state index in [0.29, 0.717) is 0 Å². The summed E-state index contributed by atoms with van der Waals surface area (Å²) in [6.07, 6.45) is 1.26. The number of fused-ring (bicyclic) bond motifs is 1. The molecule has 0 bridgehead atoms. The van der Waals surface area contributed by atoms with E-state index < -0.39 is 6.10 Å². The molecule has 1 heterocycles. The summed E-state index contributed by atoms with van der Waals surface area (Å²) in [5.74, 6) is -0.127. The number of nitrogens with one attached hydrogen (secondary N) is 1. The third kappa shape index (κ3) is 3.97. The van der Waals surface area contributed by atoms with Crippen molar-refractivity contribution in [3.63, 3.8) is 0 Å². The summed E-state index contributed by atoms with van der Waals surface area (Å²) in [6.45, 7) is 2.19. The molecule has 0 saturated heterocycles. The molecule has 0 radical (unpaired) electrons. The van der Waals surface area contributed by atoms with Gasteiger partial charge in [0, 0.05) is 18.1 Å². The number of nitrogens with zero attached hydrogens (tertiary/aromatic N) is 1. The van der Waals surface area contributed by atoms with Crippen LogP contribution in [0.2, 0.25) is 0 Å². The van der Waals surface area contributed by atoms with Crippen molar-refractivity contribution in [2.24, 2.45) is 0 Å². The number of hydrogen-bond donors (Lipinski definition) is 2. The van der Waals surface area contributed by atoms with Gasteiger partial charge in [0.1, 0.15) is 0 Å². The van der Waals surface area contributed by atoms with Gasteiger partial charge in [-0.25, -0.2) is 0 Å². The minimum atomic E-state index is -0.704.